The van der Waals surface area contributed by atoms with Gasteiger partial charge < -0.3 is 25.7 Å². The van der Waals surface area contributed by atoms with Gasteiger partial charge in [0.15, 0.2) is 5.96 Å². The summed E-state index contributed by atoms with van der Waals surface area (Å²) in [5.74, 6) is 0.404. The highest BCUT2D eigenvalue weighted by molar-refractivity contribution is 7.89. The van der Waals surface area contributed by atoms with Crippen LogP contribution < -0.4 is 20.5 Å². The van der Waals surface area contributed by atoms with Crippen molar-refractivity contribution in [1.82, 2.24) is 19.9 Å². The summed E-state index contributed by atoms with van der Waals surface area (Å²) in [5.41, 5.74) is 8.49. The molecule has 1 unspecified atom stereocenters. The predicted octanol–water partition coefficient (Wildman–Crippen LogP) is 4.51. The molecule has 0 radical (unpaired) electrons. The van der Waals surface area contributed by atoms with E-state index in [0.29, 0.717) is 25.4 Å². The Hall–Kier alpha value is -4.87. The van der Waals surface area contributed by atoms with Crippen LogP contribution in [0.5, 0.6) is 5.75 Å². The number of ether oxygens (including phenoxy) is 1. The van der Waals surface area contributed by atoms with Gasteiger partial charge in [0.1, 0.15) is 18.4 Å². The van der Waals surface area contributed by atoms with Crippen molar-refractivity contribution in [1.29, 1.82) is 5.41 Å². The molecule has 0 bridgehead atoms. The Labute approximate surface area is 268 Å². The van der Waals surface area contributed by atoms with Gasteiger partial charge in [-0.25, -0.2) is 8.42 Å². The highest BCUT2D eigenvalue weighted by Crippen LogP contribution is 2.26. The lowest BCUT2D eigenvalue weighted by atomic mass is 9.98. The SMILES string of the molecule is N=C(N)N1CCCC(CNC(=O)[C@@H](Cc2c[nH]c3ccccc23)NS(=O)(=O)c2ccc3cc(OCc4ccccc4)ccc3c2)C1. The second-order valence-electron chi connectivity index (χ2n) is 11.8. The molecular weight excluding hydrogens is 600 g/mol. The Balaban J connectivity index is 1.19. The fraction of sp³-hybridized carbons (Fsp3) is 0.257. The molecule has 46 heavy (non-hydrogen) atoms. The van der Waals surface area contributed by atoms with Crippen LogP contribution >= 0.6 is 0 Å². The van der Waals surface area contributed by atoms with Crippen LogP contribution in [-0.2, 0) is 27.8 Å². The number of guanidine groups is 1. The topological polar surface area (TPSA) is 153 Å². The van der Waals surface area contributed by atoms with Gasteiger partial charge in [-0.3, -0.25) is 10.2 Å². The van der Waals surface area contributed by atoms with Gasteiger partial charge in [0.2, 0.25) is 15.9 Å². The normalized spacial score (nSPS) is 15.9. The number of carbonyl (C=O) groups is 1. The van der Waals surface area contributed by atoms with E-state index in [1.807, 2.05) is 79.0 Å². The Kier molecular flexibility index (Phi) is 9.23. The molecule has 6 rings (SSSR count). The van der Waals surface area contributed by atoms with E-state index in [1.54, 1.807) is 23.1 Å². The number of aromatic amines is 1. The zero-order valence-corrected chi connectivity index (χ0v) is 26.2. The van der Waals surface area contributed by atoms with Crippen molar-refractivity contribution < 1.29 is 17.9 Å². The van der Waals surface area contributed by atoms with Gasteiger partial charge >= 0.3 is 0 Å². The Morgan fingerprint density at radius 1 is 1.02 bits per heavy atom. The van der Waals surface area contributed by atoms with E-state index in [-0.39, 0.29) is 23.2 Å². The lowest BCUT2D eigenvalue weighted by molar-refractivity contribution is -0.122. The number of nitrogens with two attached hydrogens (primary N) is 1. The number of piperidine rings is 1. The second kappa shape index (κ2) is 13.6. The highest BCUT2D eigenvalue weighted by Gasteiger charge is 2.29. The van der Waals surface area contributed by atoms with E-state index < -0.39 is 22.0 Å². The molecule has 11 heteroatoms. The summed E-state index contributed by atoms with van der Waals surface area (Å²) < 4.78 is 36.2. The summed E-state index contributed by atoms with van der Waals surface area (Å²) in [6, 6.07) is 27.0. The van der Waals surface area contributed by atoms with Crippen molar-refractivity contribution in [2.24, 2.45) is 11.7 Å². The average molecular weight is 639 g/mol. The van der Waals surface area contributed by atoms with E-state index in [9.17, 15) is 13.2 Å². The van der Waals surface area contributed by atoms with Crippen LogP contribution in [0.4, 0.5) is 0 Å². The molecule has 10 nitrogen and oxygen atoms in total. The maximum absolute atomic E-state index is 13.8. The summed E-state index contributed by atoms with van der Waals surface area (Å²) in [6.45, 7) is 2.08. The minimum absolute atomic E-state index is 0.0207. The number of rotatable bonds is 11. The van der Waals surface area contributed by atoms with Crippen molar-refractivity contribution in [2.45, 2.75) is 36.8 Å². The summed E-state index contributed by atoms with van der Waals surface area (Å²) in [7, 11) is -4.08. The molecule has 238 valence electrons. The lowest BCUT2D eigenvalue weighted by Crippen LogP contribution is -2.51. The molecule has 2 heterocycles. The van der Waals surface area contributed by atoms with Crippen molar-refractivity contribution in [3.63, 3.8) is 0 Å². The number of para-hydroxylation sites is 1. The number of hydrogen-bond acceptors (Lipinski definition) is 5. The van der Waals surface area contributed by atoms with Gasteiger partial charge in [0.25, 0.3) is 0 Å². The standard InChI is InChI=1S/C35H38N6O4S/c36-35(37)41-16-6-9-25(22-41)20-39-34(42)33(19-28-21-38-32-11-5-4-10-31(28)32)40-46(43,44)30-15-13-26-17-29(14-12-27(26)18-30)45-23-24-7-2-1-3-8-24/h1-5,7-8,10-15,17-18,21,25,33,38,40H,6,9,16,19-20,22-23H2,(H3,36,37)(H,39,42)/t25?,33-/m1/s1. The number of fused-ring (bicyclic) bond motifs is 2. The molecule has 2 atom stereocenters. The maximum atomic E-state index is 13.8. The summed E-state index contributed by atoms with van der Waals surface area (Å²) >= 11 is 0. The van der Waals surface area contributed by atoms with E-state index in [0.717, 1.165) is 52.2 Å². The van der Waals surface area contributed by atoms with Gasteiger partial charge in [0.05, 0.1) is 4.90 Å². The zero-order valence-electron chi connectivity index (χ0n) is 25.4. The van der Waals surface area contributed by atoms with Gasteiger partial charge in [0, 0.05) is 36.7 Å². The van der Waals surface area contributed by atoms with Crippen LogP contribution in [0.1, 0.15) is 24.0 Å². The third-order valence-electron chi connectivity index (χ3n) is 8.48. The maximum Gasteiger partial charge on any atom is 0.241 e. The monoisotopic (exact) mass is 638 g/mol. The van der Waals surface area contributed by atoms with Crippen molar-refractivity contribution in [3.8, 4) is 5.75 Å². The molecule has 1 aromatic heterocycles. The van der Waals surface area contributed by atoms with Crippen molar-refractivity contribution in [3.05, 3.63) is 108 Å². The molecule has 1 saturated heterocycles. The molecule has 1 amide bonds. The van der Waals surface area contributed by atoms with E-state index in [2.05, 4.69) is 15.0 Å². The number of hydrogen-bond donors (Lipinski definition) is 5. The Morgan fingerprint density at radius 2 is 1.78 bits per heavy atom. The van der Waals surface area contributed by atoms with Gasteiger partial charge in [-0.05, 0) is 77.4 Å². The third kappa shape index (κ3) is 7.32. The average Bonchev–Trinajstić information content (AvgIpc) is 3.48. The first-order valence-electron chi connectivity index (χ1n) is 15.4. The third-order valence-corrected chi connectivity index (χ3v) is 9.95. The predicted molar refractivity (Wildman–Crippen MR) is 180 cm³/mol. The molecule has 1 fully saturated rings. The van der Waals surface area contributed by atoms with Crippen LogP contribution in [0.25, 0.3) is 21.7 Å². The van der Waals surface area contributed by atoms with Gasteiger partial charge in [-0.15, -0.1) is 0 Å². The zero-order chi connectivity index (χ0) is 32.1. The molecule has 1 aliphatic rings. The van der Waals surface area contributed by atoms with Gasteiger partial charge in [-0.2, -0.15) is 4.72 Å². The number of H-pyrrole nitrogens is 1. The lowest BCUT2D eigenvalue weighted by Gasteiger charge is -2.33. The van der Waals surface area contributed by atoms with Crippen LogP contribution in [0.2, 0.25) is 0 Å². The Bertz CT molecular complexity index is 1960. The number of amides is 1. The molecule has 5 aromatic rings. The number of carbonyl (C=O) groups excluding carboxylic acids is 1. The molecule has 0 saturated carbocycles. The molecule has 0 aliphatic carbocycles. The second-order valence-corrected chi connectivity index (χ2v) is 13.5. The number of nitrogens with zero attached hydrogens (tertiary/aromatic N) is 1. The molecular formula is C35H38N6O4S. The van der Waals surface area contributed by atoms with E-state index in [1.165, 1.54) is 0 Å². The van der Waals surface area contributed by atoms with Crippen molar-refractivity contribution >= 4 is 43.6 Å². The molecule has 4 aromatic carbocycles. The van der Waals surface area contributed by atoms with Crippen LogP contribution in [0.3, 0.4) is 0 Å². The smallest absolute Gasteiger partial charge is 0.241 e. The van der Waals surface area contributed by atoms with E-state index >= 15 is 0 Å². The number of sulfonamides is 1. The summed E-state index contributed by atoms with van der Waals surface area (Å²) in [6.07, 6.45) is 3.74. The number of likely N-dealkylation sites (tertiary alicyclic amines) is 1. The fourth-order valence-corrected chi connectivity index (χ4v) is 7.21. The van der Waals surface area contributed by atoms with Crippen LogP contribution in [-0.4, -0.2) is 55.8 Å². The minimum Gasteiger partial charge on any atom is -0.489 e. The number of aromatic nitrogens is 1. The first-order valence-corrected chi connectivity index (χ1v) is 16.9. The first kappa shape index (κ1) is 31.1. The first-order chi connectivity index (χ1) is 22.2. The Morgan fingerprint density at radius 3 is 2.61 bits per heavy atom. The molecule has 1 aliphatic heterocycles. The quantitative estimate of drug-likeness (QED) is 0.106. The molecule has 0 spiro atoms. The van der Waals surface area contributed by atoms with Crippen molar-refractivity contribution in [2.75, 3.05) is 19.6 Å². The van der Waals surface area contributed by atoms with E-state index in [4.69, 9.17) is 15.9 Å². The minimum atomic E-state index is -4.08. The number of benzene rings is 4. The van der Waals surface area contributed by atoms with Crippen LogP contribution in [0.15, 0.2) is 102 Å². The highest BCUT2D eigenvalue weighted by atomic mass is 32.2. The van der Waals surface area contributed by atoms with Gasteiger partial charge in [-0.1, -0.05) is 60.7 Å². The molecule has 6 N–H and O–H groups in total. The largest absolute Gasteiger partial charge is 0.489 e. The fourth-order valence-electron chi connectivity index (χ4n) is 5.98. The summed E-state index contributed by atoms with van der Waals surface area (Å²) in [5, 5.41) is 13.2. The summed E-state index contributed by atoms with van der Waals surface area (Å²) in [4.78, 5) is 18.7. The van der Waals surface area contributed by atoms with Crippen LogP contribution in [0, 0.1) is 11.3 Å². The number of nitrogens with one attached hydrogen (secondary N) is 4.